The van der Waals surface area contributed by atoms with Crippen LogP contribution in [0.4, 0.5) is 4.79 Å². The van der Waals surface area contributed by atoms with Crippen molar-refractivity contribution in [1.29, 1.82) is 0 Å². The lowest BCUT2D eigenvalue weighted by molar-refractivity contribution is -0.132. The molecule has 2 aliphatic heterocycles. The summed E-state index contributed by atoms with van der Waals surface area (Å²) >= 11 is 0. The maximum absolute atomic E-state index is 14.0. The number of fused-ring (bicyclic) bond motifs is 4. The molecule has 3 N–H and O–H groups in total. The molecule has 0 radical (unpaired) electrons. The number of hydrogen-bond donors (Lipinski definition) is 3. The highest BCUT2D eigenvalue weighted by atomic mass is 16.5. The highest BCUT2D eigenvalue weighted by Gasteiger charge is 2.30. The lowest BCUT2D eigenvalue weighted by Crippen LogP contribution is -2.55. The number of aryl methyl sites for hydroxylation is 2. The third-order valence-electron chi connectivity index (χ3n) is 9.49. The van der Waals surface area contributed by atoms with Gasteiger partial charge in [0.25, 0.3) is 0 Å². The van der Waals surface area contributed by atoms with Gasteiger partial charge < -0.3 is 30.5 Å². The molecule has 10 nitrogen and oxygen atoms in total. The zero-order valence-corrected chi connectivity index (χ0v) is 28.7. The van der Waals surface area contributed by atoms with E-state index in [2.05, 4.69) is 16.0 Å². The van der Waals surface area contributed by atoms with E-state index in [9.17, 15) is 19.2 Å². The summed E-state index contributed by atoms with van der Waals surface area (Å²) < 4.78 is 6.14. The van der Waals surface area contributed by atoms with E-state index in [1.54, 1.807) is 11.9 Å². The van der Waals surface area contributed by atoms with Crippen LogP contribution in [0.3, 0.4) is 0 Å². The van der Waals surface area contributed by atoms with Crippen molar-refractivity contribution in [3.8, 4) is 5.75 Å². The van der Waals surface area contributed by atoms with Gasteiger partial charge in [0.15, 0.2) is 0 Å². The van der Waals surface area contributed by atoms with Gasteiger partial charge >= 0.3 is 6.03 Å². The van der Waals surface area contributed by atoms with Gasteiger partial charge in [-0.25, -0.2) is 4.79 Å². The topological polar surface area (TPSA) is 120 Å². The number of nitrogens with one attached hydrogen (secondary N) is 3. The number of rotatable bonds is 6. The number of urea groups is 1. The largest absolute Gasteiger partial charge is 0.494 e. The van der Waals surface area contributed by atoms with Crippen LogP contribution in [0, 0.1) is 12.8 Å². The van der Waals surface area contributed by atoms with E-state index in [4.69, 9.17) is 4.74 Å². The second-order valence-corrected chi connectivity index (χ2v) is 13.3. The normalized spacial score (nSPS) is 21.2. The van der Waals surface area contributed by atoms with Crippen LogP contribution >= 0.6 is 0 Å². The maximum atomic E-state index is 14.0. The molecule has 49 heavy (non-hydrogen) atoms. The molecule has 2 aliphatic rings. The first-order chi connectivity index (χ1) is 23.7. The summed E-state index contributed by atoms with van der Waals surface area (Å²) in [5.74, 6) is -0.0297. The van der Waals surface area contributed by atoms with E-state index in [0.29, 0.717) is 38.5 Å². The molecular weight excluding hydrogens is 618 g/mol. The summed E-state index contributed by atoms with van der Waals surface area (Å²) in [7, 11) is 1.73. The number of carbonyl (C=O) groups excluding carboxylic acids is 4. The molecule has 5 amide bonds. The van der Waals surface area contributed by atoms with Gasteiger partial charge in [-0.2, -0.15) is 0 Å². The molecule has 5 rings (SSSR count). The molecule has 3 aromatic rings. The molecule has 1 unspecified atom stereocenters. The molecular formula is C39H49N5O5. The van der Waals surface area contributed by atoms with Gasteiger partial charge in [0.05, 0.1) is 13.0 Å². The molecule has 1 saturated heterocycles. The summed E-state index contributed by atoms with van der Waals surface area (Å²) in [4.78, 5) is 57.9. The minimum Gasteiger partial charge on any atom is -0.494 e. The Kier molecular flexibility index (Phi) is 12.7. The number of piperidine rings is 1. The molecule has 3 aromatic carbocycles. The van der Waals surface area contributed by atoms with Crippen LogP contribution in [-0.2, 0) is 33.8 Å². The quantitative estimate of drug-likeness (QED) is 0.360. The molecule has 0 aromatic heterocycles. The maximum Gasteiger partial charge on any atom is 0.319 e. The summed E-state index contributed by atoms with van der Waals surface area (Å²) in [5, 5.41) is 8.90. The smallest absolute Gasteiger partial charge is 0.319 e. The summed E-state index contributed by atoms with van der Waals surface area (Å²) in [5.41, 5.74) is 3.82. The second-order valence-electron chi connectivity index (χ2n) is 13.3. The van der Waals surface area contributed by atoms with Crippen molar-refractivity contribution in [2.45, 2.75) is 70.5 Å². The summed E-state index contributed by atoms with van der Waals surface area (Å²) in [6, 6.07) is 23.1. The van der Waals surface area contributed by atoms with Crippen LogP contribution in [0.1, 0.15) is 54.4 Å². The molecule has 3 atom stereocenters. The minimum absolute atomic E-state index is 0.0990. The Labute approximate surface area is 289 Å². The van der Waals surface area contributed by atoms with E-state index >= 15 is 0 Å². The first-order valence-electron chi connectivity index (χ1n) is 17.4. The Bertz CT molecular complexity index is 1570. The number of amides is 5. The predicted molar refractivity (Wildman–Crippen MR) is 189 cm³/mol. The van der Waals surface area contributed by atoms with E-state index in [0.717, 1.165) is 47.3 Å². The molecule has 2 heterocycles. The van der Waals surface area contributed by atoms with Crippen molar-refractivity contribution in [3.05, 3.63) is 101 Å². The van der Waals surface area contributed by atoms with Gasteiger partial charge in [-0.05, 0) is 85.8 Å². The Hall–Kier alpha value is -4.86. The van der Waals surface area contributed by atoms with Gasteiger partial charge in [-0.3, -0.25) is 14.4 Å². The molecule has 0 saturated carbocycles. The third kappa shape index (κ3) is 10.6. The first kappa shape index (κ1) is 35.4. The number of ether oxygens (including phenoxy) is 1. The summed E-state index contributed by atoms with van der Waals surface area (Å²) in [6.45, 7) is 4.39. The van der Waals surface area contributed by atoms with Gasteiger partial charge in [0, 0.05) is 33.2 Å². The number of hydrogen-bond acceptors (Lipinski definition) is 5. The zero-order valence-electron chi connectivity index (χ0n) is 28.7. The molecule has 4 bridgehead atoms. The average molecular weight is 668 g/mol. The Morgan fingerprint density at radius 1 is 0.898 bits per heavy atom. The fraction of sp³-hybridized carbons (Fsp3) is 0.436. The SMILES string of the molecule is Cc1ccc2cc1CNC(=O)[C@H](CCc1ccccc1)NC(=O)[C@@H](NC(=O)Cc1ccccc1)CCN(C)C(=O)N1CCCC(CCO2)C1. The molecule has 0 aliphatic carbocycles. The third-order valence-corrected chi connectivity index (χ3v) is 9.49. The zero-order chi connectivity index (χ0) is 34.6. The van der Waals surface area contributed by atoms with Crippen LogP contribution in [-0.4, -0.2) is 78.9 Å². The standard InChI is InChI=1S/C39H49N5O5/c1-28-15-17-33-25-32(28)26-40-37(46)34(18-16-29-10-5-3-6-11-29)42-38(47)35(41-36(45)24-30-12-7-4-8-13-30)19-22-43(2)39(48)44-21-9-14-31(27-44)20-23-49-33/h3-8,10-13,15,17,25,31,34-35H,9,14,16,18-24,26-27H2,1-2H3,(H,40,46)(H,41,45)(H,42,47)/t31?,34-,35-/m0/s1. The van der Waals surface area contributed by atoms with Crippen LogP contribution < -0.4 is 20.7 Å². The van der Waals surface area contributed by atoms with Gasteiger partial charge in [0.2, 0.25) is 17.7 Å². The van der Waals surface area contributed by atoms with Crippen molar-refractivity contribution in [2.24, 2.45) is 5.92 Å². The van der Waals surface area contributed by atoms with Crippen molar-refractivity contribution in [2.75, 3.05) is 33.3 Å². The lowest BCUT2D eigenvalue weighted by atomic mass is 9.95. The van der Waals surface area contributed by atoms with Crippen molar-refractivity contribution in [1.82, 2.24) is 25.8 Å². The van der Waals surface area contributed by atoms with Crippen LogP contribution in [0.15, 0.2) is 78.9 Å². The van der Waals surface area contributed by atoms with Gasteiger partial charge in [-0.1, -0.05) is 66.7 Å². The fourth-order valence-electron chi connectivity index (χ4n) is 6.50. The van der Waals surface area contributed by atoms with Crippen LogP contribution in [0.2, 0.25) is 0 Å². The molecule has 0 spiro atoms. The predicted octanol–water partition coefficient (Wildman–Crippen LogP) is 4.39. The van der Waals surface area contributed by atoms with Crippen molar-refractivity contribution >= 4 is 23.8 Å². The first-order valence-corrected chi connectivity index (χ1v) is 17.4. The van der Waals surface area contributed by atoms with E-state index in [1.165, 1.54) is 0 Å². The number of carbonyl (C=O) groups is 4. The van der Waals surface area contributed by atoms with Crippen molar-refractivity contribution < 1.29 is 23.9 Å². The van der Waals surface area contributed by atoms with Crippen LogP contribution in [0.5, 0.6) is 5.75 Å². The Balaban J connectivity index is 1.39. The minimum atomic E-state index is -0.950. The van der Waals surface area contributed by atoms with E-state index in [-0.39, 0.29) is 43.8 Å². The molecule has 10 heteroatoms. The Morgan fingerprint density at radius 2 is 1.63 bits per heavy atom. The number of benzene rings is 3. The Morgan fingerprint density at radius 3 is 2.39 bits per heavy atom. The highest BCUT2D eigenvalue weighted by Crippen LogP contribution is 2.23. The number of nitrogens with zero attached hydrogens (tertiary/aromatic N) is 2. The van der Waals surface area contributed by atoms with Crippen molar-refractivity contribution in [3.63, 3.8) is 0 Å². The lowest BCUT2D eigenvalue weighted by Gasteiger charge is -2.35. The molecule has 1 fully saturated rings. The van der Waals surface area contributed by atoms with Gasteiger partial charge in [0.1, 0.15) is 17.8 Å². The fourth-order valence-corrected chi connectivity index (χ4v) is 6.50. The monoisotopic (exact) mass is 667 g/mol. The van der Waals surface area contributed by atoms with E-state index in [1.807, 2.05) is 90.7 Å². The summed E-state index contributed by atoms with van der Waals surface area (Å²) in [6.07, 6.45) is 4.01. The highest BCUT2D eigenvalue weighted by molar-refractivity contribution is 5.92. The molecule has 260 valence electrons. The van der Waals surface area contributed by atoms with Crippen LogP contribution in [0.25, 0.3) is 0 Å². The average Bonchev–Trinajstić information content (AvgIpc) is 3.11. The second kappa shape index (κ2) is 17.5. The van der Waals surface area contributed by atoms with E-state index < -0.39 is 18.0 Å². The van der Waals surface area contributed by atoms with Gasteiger partial charge in [-0.15, -0.1) is 0 Å².